The maximum atomic E-state index is 5.33. The zero-order chi connectivity index (χ0) is 35.8. The molecule has 0 saturated carbocycles. The number of fused-ring (bicyclic) bond motifs is 4. The third-order valence-corrected chi connectivity index (χ3v) is 10.4. The molecule has 0 aliphatic carbocycles. The molecule has 0 radical (unpaired) electrons. The van der Waals surface area contributed by atoms with Crippen LogP contribution < -0.4 is 0 Å². The van der Waals surface area contributed by atoms with Crippen molar-refractivity contribution in [2.45, 2.75) is 0 Å². The molecule has 0 aliphatic heterocycles. The lowest BCUT2D eigenvalue weighted by Gasteiger charge is -2.17. The molecule has 1 heterocycles. The molecule has 0 atom stereocenters. The summed E-state index contributed by atoms with van der Waals surface area (Å²) in [5.41, 5.74) is 11.8. The number of nitrogens with zero attached hydrogens (tertiary/aromatic N) is 2. The SMILES string of the molecule is c1ccc(-c2cc(-c3cc(-c4ccccc4-c4ccccc4)nc(-c4ccccc4)n3)cc(-c3c4ccccc4cc4c3ccc3ccccc34)c2)cc1. The summed E-state index contributed by atoms with van der Waals surface area (Å²) in [4.78, 5) is 10.6. The summed E-state index contributed by atoms with van der Waals surface area (Å²) < 4.78 is 0. The predicted molar refractivity (Wildman–Crippen MR) is 227 cm³/mol. The van der Waals surface area contributed by atoms with E-state index in [0.29, 0.717) is 5.82 Å². The van der Waals surface area contributed by atoms with E-state index in [1.54, 1.807) is 0 Å². The number of aromatic nitrogens is 2. The number of rotatable bonds is 6. The minimum Gasteiger partial charge on any atom is -0.228 e. The van der Waals surface area contributed by atoms with E-state index in [9.17, 15) is 0 Å². The zero-order valence-corrected chi connectivity index (χ0v) is 29.5. The Balaban J connectivity index is 1.27. The Hall–Kier alpha value is -7.16. The molecule has 1 aromatic heterocycles. The molecular weight excluding hydrogens is 653 g/mol. The third kappa shape index (κ3) is 5.71. The van der Waals surface area contributed by atoms with Gasteiger partial charge in [0, 0.05) is 16.7 Å². The Morgan fingerprint density at radius 3 is 1.57 bits per heavy atom. The molecule has 0 bridgehead atoms. The predicted octanol–water partition coefficient (Wildman–Crippen LogP) is 13.9. The van der Waals surface area contributed by atoms with Gasteiger partial charge in [0.15, 0.2) is 5.82 Å². The van der Waals surface area contributed by atoms with Crippen LogP contribution in [0.25, 0.3) is 99.6 Å². The van der Waals surface area contributed by atoms with Gasteiger partial charge >= 0.3 is 0 Å². The zero-order valence-electron chi connectivity index (χ0n) is 29.5. The van der Waals surface area contributed by atoms with E-state index in [-0.39, 0.29) is 0 Å². The van der Waals surface area contributed by atoms with E-state index in [1.807, 2.05) is 18.2 Å². The summed E-state index contributed by atoms with van der Waals surface area (Å²) in [5.74, 6) is 0.694. The van der Waals surface area contributed by atoms with Crippen molar-refractivity contribution in [2.24, 2.45) is 0 Å². The second-order valence-corrected chi connectivity index (χ2v) is 13.8. The van der Waals surface area contributed by atoms with Gasteiger partial charge in [-0.1, -0.05) is 176 Å². The topological polar surface area (TPSA) is 25.8 Å². The Morgan fingerprint density at radius 1 is 0.259 bits per heavy atom. The lowest BCUT2D eigenvalue weighted by atomic mass is 9.87. The fourth-order valence-electron chi connectivity index (χ4n) is 7.87. The Labute approximate surface area is 314 Å². The Bertz CT molecular complexity index is 2970. The van der Waals surface area contributed by atoms with E-state index in [1.165, 1.54) is 37.9 Å². The molecule has 2 heteroatoms. The summed E-state index contributed by atoms with van der Waals surface area (Å²) in [6, 6.07) is 73.5. The number of benzene rings is 9. The summed E-state index contributed by atoms with van der Waals surface area (Å²) in [6.07, 6.45) is 0. The Morgan fingerprint density at radius 2 is 0.815 bits per heavy atom. The minimum atomic E-state index is 0.694. The van der Waals surface area contributed by atoms with Gasteiger partial charge in [0.2, 0.25) is 0 Å². The highest BCUT2D eigenvalue weighted by Gasteiger charge is 2.18. The van der Waals surface area contributed by atoms with Crippen molar-refractivity contribution in [3.8, 4) is 67.3 Å². The third-order valence-electron chi connectivity index (χ3n) is 10.4. The first kappa shape index (κ1) is 31.6. The summed E-state index contributed by atoms with van der Waals surface area (Å²) >= 11 is 0. The van der Waals surface area contributed by atoms with Crippen LogP contribution in [-0.4, -0.2) is 9.97 Å². The first-order valence-electron chi connectivity index (χ1n) is 18.4. The van der Waals surface area contributed by atoms with Crippen LogP contribution in [0.5, 0.6) is 0 Å². The average molecular weight is 687 g/mol. The Kier molecular flexibility index (Phi) is 7.85. The first-order valence-corrected chi connectivity index (χ1v) is 18.4. The van der Waals surface area contributed by atoms with Gasteiger partial charge in [-0.3, -0.25) is 0 Å². The molecule has 0 N–H and O–H groups in total. The number of hydrogen-bond donors (Lipinski definition) is 0. The highest BCUT2D eigenvalue weighted by atomic mass is 14.9. The fourth-order valence-corrected chi connectivity index (χ4v) is 7.87. The van der Waals surface area contributed by atoms with Crippen molar-refractivity contribution in [2.75, 3.05) is 0 Å². The van der Waals surface area contributed by atoms with E-state index in [2.05, 4.69) is 188 Å². The van der Waals surface area contributed by atoms with Crippen LogP contribution in [0, 0.1) is 0 Å². The summed E-state index contributed by atoms with van der Waals surface area (Å²) in [5, 5.41) is 7.42. The molecule has 10 rings (SSSR count). The average Bonchev–Trinajstić information content (AvgIpc) is 3.26. The molecule has 2 nitrogen and oxygen atoms in total. The highest BCUT2D eigenvalue weighted by Crippen LogP contribution is 2.43. The van der Waals surface area contributed by atoms with Gasteiger partial charge in [-0.25, -0.2) is 9.97 Å². The van der Waals surface area contributed by atoms with E-state index in [4.69, 9.17) is 9.97 Å². The molecule has 0 spiro atoms. The van der Waals surface area contributed by atoms with Gasteiger partial charge in [-0.2, -0.15) is 0 Å². The second-order valence-electron chi connectivity index (χ2n) is 13.8. The molecule has 0 unspecified atom stereocenters. The smallest absolute Gasteiger partial charge is 0.160 e. The van der Waals surface area contributed by atoms with Crippen molar-refractivity contribution in [1.82, 2.24) is 9.97 Å². The molecule has 10 aromatic rings. The molecule has 0 aliphatic rings. The maximum Gasteiger partial charge on any atom is 0.160 e. The number of hydrogen-bond acceptors (Lipinski definition) is 2. The molecular formula is C52H34N2. The van der Waals surface area contributed by atoms with Gasteiger partial charge in [-0.05, 0) is 96.0 Å². The molecule has 54 heavy (non-hydrogen) atoms. The standard InChI is InChI=1S/C52H34N2/c1-4-16-35(17-5-1)40-30-41(32-42(31-40)51-45-26-13-11-23-39(45)33-48-44-25-12-10-20-37(44)28-29-47(48)51)49-34-50(54-52(53-49)38-21-8-3-9-22-38)46-27-15-14-24-43(46)36-18-6-2-7-19-36/h1-34H. The quantitative estimate of drug-likeness (QED) is 0.129. The minimum absolute atomic E-state index is 0.694. The lowest BCUT2D eigenvalue weighted by molar-refractivity contribution is 1.18. The van der Waals surface area contributed by atoms with Crippen LogP contribution in [0.4, 0.5) is 0 Å². The second kappa shape index (κ2) is 13.4. The van der Waals surface area contributed by atoms with Crippen LogP contribution in [0.15, 0.2) is 206 Å². The van der Waals surface area contributed by atoms with Crippen molar-refractivity contribution in [1.29, 1.82) is 0 Å². The van der Waals surface area contributed by atoms with Crippen molar-refractivity contribution in [3.05, 3.63) is 206 Å². The first-order chi connectivity index (χ1) is 26.8. The van der Waals surface area contributed by atoms with Crippen molar-refractivity contribution >= 4 is 32.3 Å². The van der Waals surface area contributed by atoms with Crippen molar-refractivity contribution < 1.29 is 0 Å². The summed E-state index contributed by atoms with van der Waals surface area (Å²) in [6.45, 7) is 0. The van der Waals surface area contributed by atoms with Crippen molar-refractivity contribution in [3.63, 3.8) is 0 Å². The molecule has 0 saturated heterocycles. The van der Waals surface area contributed by atoms with Crippen LogP contribution >= 0.6 is 0 Å². The van der Waals surface area contributed by atoms with Crippen LogP contribution in [-0.2, 0) is 0 Å². The monoisotopic (exact) mass is 686 g/mol. The lowest BCUT2D eigenvalue weighted by Crippen LogP contribution is -1.98. The van der Waals surface area contributed by atoms with Gasteiger partial charge in [0.1, 0.15) is 0 Å². The van der Waals surface area contributed by atoms with Gasteiger partial charge in [-0.15, -0.1) is 0 Å². The van der Waals surface area contributed by atoms with Gasteiger partial charge in [0.05, 0.1) is 11.4 Å². The molecule has 0 amide bonds. The largest absolute Gasteiger partial charge is 0.228 e. The van der Waals surface area contributed by atoms with Crippen LogP contribution in [0.1, 0.15) is 0 Å². The van der Waals surface area contributed by atoms with E-state index in [0.717, 1.165) is 55.9 Å². The van der Waals surface area contributed by atoms with Crippen LogP contribution in [0.3, 0.4) is 0 Å². The maximum absolute atomic E-state index is 5.33. The van der Waals surface area contributed by atoms with Crippen LogP contribution in [0.2, 0.25) is 0 Å². The highest BCUT2D eigenvalue weighted by molar-refractivity contribution is 6.20. The van der Waals surface area contributed by atoms with Gasteiger partial charge < -0.3 is 0 Å². The molecule has 252 valence electrons. The normalized spacial score (nSPS) is 11.3. The molecule has 0 fully saturated rings. The van der Waals surface area contributed by atoms with E-state index >= 15 is 0 Å². The summed E-state index contributed by atoms with van der Waals surface area (Å²) in [7, 11) is 0. The van der Waals surface area contributed by atoms with Gasteiger partial charge in [0.25, 0.3) is 0 Å². The fraction of sp³-hybridized carbons (Fsp3) is 0. The van der Waals surface area contributed by atoms with E-state index < -0.39 is 0 Å². The molecule has 9 aromatic carbocycles.